The van der Waals surface area contributed by atoms with Crippen molar-refractivity contribution in [1.82, 2.24) is 10.2 Å². The van der Waals surface area contributed by atoms with E-state index in [9.17, 15) is 4.79 Å². The average Bonchev–Trinajstić information content (AvgIpc) is 2.41. The van der Waals surface area contributed by atoms with E-state index in [-0.39, 0.29) is 23.8 Å². The standard InChI is InChI=1S/C17H34N2O2/c1-13(2)16(21)19-10-14(7-6-8-20)9-15(11-19)18-12-17(3,4)5/h13-15,18,20H,6-12H2,1-5H3. The summed E-state index contributed by atoms with van der Waals surface area (Å²) >= 11 is 0. The second-order valence-corrected chi connectivity index (χ2v) is 8.00. The van der Waals surface area contributed by atoms with Crippen LogP contribution in [0, 0.1) is 17.3 Å². The molecule has 1 amide bonds. The number of rotatable bonds is 6. The molecule has 2 atom stereocenters. The molecule has 2 N–H and O–H groups in total. The van der Waals surface area contributed by atoms with Crippen LogP contribution in [0.25, 0.3) is 0 Å². The van der Waals surface area contributed by atoms with Gasteiger partial charge < -0.3 is 15.3 Å². The number of amides is 1. The Bertz CT molecular complexity index is 323. The van der Waals surface area contributed by atoms with Gasteiger partial charge in [-0.25, -0.2) is 0 Å². The lowest BCUT2D eigenvalue weighted by molar-refractivity contribution is -0.137. The SMILES string of the molecule is CC(C)C(=O)N1CC(CCCO)CC(NCC(C)(C)C)C1. The summed E-state index contributed by atoms with van der Waals surface area (Å²) in [7, 11) is 0. The van der Waals surface area contributed by atoms with E-state index in [1.807, 2.05) is 18.7 Å². The molecule has 1 saturated heterocycles. The van der Waals surface area contributed by atoms with Crippen LogP contribution >= 0.6 is 0 Å². The number of nitrogens with zero attached hydrogens (tertiary/aromatic N) is 1. The highest BCUT2D eigenvalue weighted by molar-refractivity contribution is 5.78. The molecule has 0 aliphatic carbocycles. The van der Waals surface area contributed by atoms with Crippen molar-refractivity contribution in [3.8, 4) is 0 Å². The quantitative estimate of drug-likeness (QED) is 0.791. The Kier molecular flexibility index (Phi) is 7.14. The zero-order valence-corrected chi connectivity index (χ0v) is 14.5. The smallest absolute Gasteiger partial charge is 0.225 e. The van der Waals surface area contributed by atoms with Crippen LogP contribution < -0.4 is 5.32 Å². The van der Waals surface area contributed by atoms with Crippen LogP contribution in [0.3, 0.4) is 0 Å². The number of aliphatic hydroxyl groups is 1. The molecule has 0 saturated carbocycles. The maximum atomic E-state index is 12.3. The predicted octanol–water partition coefficient (Wildman–Crippen LogP) is 2.27. The number of piperidine rings is 1. The Balaban J connectivity index is 2.63. The molecule has 1 aliphatic heterocycles. The molecule has 0 bridgehead atoms. The number of carbonyl (C=O) groups excluding carboxylic acids is 1. The number of likely N-dealkylation sites (tertiary alicyclic amines) is 1. The third kappa shape index (κ3) is 6.79. The Hall–Kier alpha value is -0.610. The van der Waals surface area contributed by atoms with E-state index in [2.05, 4.69) is 26.1 Å². The summed E-state index contributed by atoms with van der Waals surface area (Å²) < 4.78 is 0. The summed E-state index contributed by atoms with van der Waals surface area (Å²) in [5.74, 6) is 0.821. The van der Waals surface area contributed by atoms with Crippen molar-refractivity contribution >= 4 is 5.91 Å². The molecule has 4 heteroatoms. The fraction of sp³-hybridized carbons (Fsp3) is 0.941. The van der Waals surface area contributed by atoms with Crippen LogP contribution in [0.4, 0.5) is 0 Å². The van der Waals surface area contributed by atoms with Crippen molar-refractivity contribution in [2.75, 3.05) is 26.2 Å². The van der Waals surface area contributed by atoms with Gasteiger partial charge in [-0.3, -0.25) is 4.79 Å². The Labute approximate surface area is 130 Å². The number of hydrogen-bond acceptors (Lipinski definition) is 3. The summed E-state index contributed by atoms with van der Waals surface area (Å²) in [5.41, 5.74) is 0.255. The Morgan fingerprint density at radius 1 is 1.33 bits per heavy atom. The zero-order chi connectivity index (χ0) is 16.0. The minimum atomic E-state index is 0.0601. The van der Waals surface area contributed by atoms with Gasteiger partial charge in [-0.1, -0.05) is 34.6 Å². The summed E-state index contributed by atoms with van der Waals surface area (Å²) in [6.07, 6.45) is 2.95. The van der Waals surface area contributed by atoms with Gasteiger partial charge in [-0.15, -0.1) is 0 Å². The first-order valence-electron chi connectivity index (χ1n) is 8.36. The van der Waals surface area contributed by atoms with E-state index >= 15 is 0 Å². The van der Waals surface area contributed by atoms with Crippen LogP contribution in [0.5, 0.6) is 0 Å². The van der Waals surface area contributed by atoms with Gasteiger partial charge in [0, 0.05) is 38.2 Å². The van der Waals surface area contributed by atoms with Crippen LogP contribution in [0.15, 0.2) is 0 Å². The largest absolute Gasteiger partial charge is 0.396 e. The average molecular weight is 298 g/mol. The molecule has 1 fully saturated rings. The van der Waals surface area contributed by atoms with Crippen molar-refractivity contribution in [2.24, 2.45) is 17.3 Å². The number of nitrogens with one attached hydrogen (secondary N) is 1. The predicted molar refractivity (Wildman–Crippen MR) is 87.1 cm³/mol. The molecule has 0 aromatic heterocycles. The first-order valence-corrected chi connectivity index (χ1v) is 8.36. The Morgan fingerprint density at radius 3 is 2.52 bits per heavy atom. The molecule has 2 unspecified atom stereocenters. The van der Waals surface area contributed by atoms with E-state index in [1.165, 1.54) is 0 Å². The van der Waals surface area contributed by atoms with Crippen LogP contribution in [-0.4, -0.2) is 48.2 Å². The molecule has 21 heavy (non-hydrogen) atoms. The van der Waals surface area contributed by atoms with Gasteiger partial charge in [0.1, 0.15) is 0 Å². The third-order valence-corrected chi connectivity index (χ3v) is 4.03. The molecule has 1 rings (SSSR count). The van der Waals surface area contributed by atoms with Crippen LogP contribution in [0.1, 0.15) is 53.9 Å². The molecular formula is C17H34N2O2. The third-order valence-electron chi connectivity index (χ3n) is 4.03. The summed E-state index contributed by atoms with van der Waals surface area (Å²) in [4.78, 5) is 14.3. The van der Waals surface area contributed by atoms with Gasteiger partial charge >= 0.3 is 0 Å². The van der Waals surface area contributed by atoms with Gasteiger partial charge in [-0.05, 0) is 30.6 Å². The van der Waals surface area contributed by atoms with E-state index in [4.69, 9.17) is 5.11 Å². The van der Waals surface area contributed by atoms with E-state index in [0.29, 0.717) is 12.0 Å². The first kappa shape index (κ1) is 18.4. The monoisotopic (exact) mass is 298 g/mol. The van der Waals surface area contributed by atoms with Crippen molar-refractivity contribution in [2.45, 2.75) is 59.9 Å². The van der Waals surface area contributed by atoms with Gasteiger partial charge in [0.05, 0.1) is 0 Å². The lowest BCUT2D eigenvalue weighted by atomic mass is 9.88. The molecule has 0 spiro atoms. The van der Waals surface area contributed by atoms with E-state index in [0.717, 1.165) is 38.9 Å². The van der Waals surface area contributed by atoms with Crippen LogP contribution in [0.2, 0.25) is 0 Å². The fourth-order valence-electron chi connectivity index (χ4n) is 2.94. The minimum Gasteiger partial charge on any atom is -0.396 e. The molecule has 0 aromatic rings. The van der Waals surface area contributed by atoms with Crippen molar-refractivity contribution in [3.05, 3.63) is 0 Å². The van der Waals surface area contributed by atoms with Gasteiger partial charge in [-0.2, -0.15) is 0 Å². The fourth-order valence-corrected chi connectivity index (χ4v) is 2.94. The molecule has 1 aliphatic rings. The van der Waals surface area contributed by atoms with Crippen molar-refractivity contribution < 1.29 is 9.90 Å². The molecule has 1 heterocycles. The number of carbonyl (C=O) groups is 1. The lowest BCUT2D eigenvalue weighted by Gasteiger charge is -2.40. The van der Waals surface area contributed by atoms with Gasteiger partial charge in [0.2, 0.25) is 5.91 Å². The highest BCUT2D eigenvalue weighted by Crippen LogP contribution is 2.23. The van der Waals surface area contributed by atoms with Crippen molar-refractivity contribution in [1.29, 1.82) is 0 Å². The molecular weight excluding hydrogens is 264 g/mol. The van der Waals surface area contributed by atoms with E-state index in [1.54, 1.807) is 0 Å². The second kappa shape index (κ2) is 8.14. The minimum absolute atomic E-state index is 0.0601. The van der Waals surface area contributed by atoms with Crippen molar-refractivity contribution in [3.63, 3.8) is 0 Å². The summed E-state index contributed by atoms with van der Waals surface area (Å²) in [6.45, 7) is 13.5. The normalized spacial score (nSPS) is 23.7. The first-order chi connectivity index (χ1) is 9.73. The maximum absolute atomic E-state index is 12.3. The Morgan fingerprint density at radius 2 is 2.00 bits per heavy atom. The van der Waals surface area contributed by atoms with Gasteiger partial charge in [0.25, 0.3) is 0 Å². The molecule has 0 aromatic carbocycles. The number of aliphatic hydroxyl groups excluding tert-OH is 1. The summed E-state index contributed by atoms with van der Waals surface area (Å²) in [5, 5.41) is 12.7. The molecule has 0 radical (unpaired) electrons. The highest BCUT2D eigenvalue weighted by atomic mass is 16.2. The zero-order valence-electron chi connectivity index (χ0n) is 14.5. The lowest BCUT2D eigenvalue weighted by Crippen LogP contribution is -2.53. The summed E-state index contributed by atoms with van der Waals surface area (Å²) in [6, 6.07) is 0.379. The highest BCUT2D eigenvalue weighted by Gasteiger charge is 2.30. The second-order valence-electron chi connectivity index (χ2n) is 8.00. The molecule has 4 nitrogen and oxygen atoms in total. The van der Waals surface area contributed by atoms with E-state index < -0.39 is 0 Å². The van der Waals surface area contributed by atoms with Gasteiger partial charge in [0.15, 0.2) is 0 Å². The molecule has 124 valence electrons. The maximum Gasteiger partial charge on any atom is 0.225 e. The van der Waals surface area contributed by atoms with Crippen LogP contribution in [-0.2, 0) is 4.79 Å². The number of hydrogen-bond donors (Lipinski definition) is 2. The topological polar surface area (TPSA) is 52.6 Å².